The lowest BCUT2D eigenvalue weighted by Gasteiger charge is -2.13. The van der Waals surface area contributed by atoms with Gasteiger partial charge in [0.2, 0.25) is 0 Å². The van der Waals surface area contributed by atoms with Crippen LogP contribution in [-0.4, -0.2) is 38.8 Å². The van der Waals surface area contributed by atoms with Crippen LogP contribution in [0.1, 0.15) is 23.5 Å². The highest BCUT2D eigenvalue weighted by atomic mass is 16.5. The number of nitrogens with one attached hydrogen (secondary N) is 1. The Morgan fingerprint density at radius 3 is 3.11 bits per heavy atom. The van der Waals surface area contributed by atoms with Gasteiger partial charge in [0, 0.05) is 25.8 Å². The van der Waals surface area contributed by atoms with Gasteiger partial charge in [-0.25, -0.2) is 0 Å². The molecular formula is C14H24N2O2. The quantitative estimate of drug-likeness (QED) is 0.837. The van der Waals surface area contributed by atoms with Crippen LogP contribution in [0.5, 0.6) is 0 Å². The van der Waals surface area contributed by atoms with Crippen LogP contribution in [0.3, 0.4) is 0 Å². The third-order valence-corrected chi connectivity index (χ3v) is 3.59. The van der Waals surface area contributed by atoms with Crippen molar-refractivity contribution in [3.8, 4) is 0 Å². The molecule has 4 heteroatoms. The van der Waals surface area contributed by atoms with Crippen LogP contribution in [0.15, 0.2) is 10.5 Å². The zero-order valence-electron chi connectivity index (χ0n) is 11.7. The Labute approximate surface area is 109 Å². The number of hydrogen-bond donors (Lipinski definition) is 1. The van der Waals surface area contributed by atoms with E-state index in [0.29, 0.717) is 5.92 Å². The normalized spacial score (nSPS) is 20.7. The zero-order chi connectivity index (χ0) is 13.0. The monoisotopic (exact) mass is 252 g/mol. The summed E-state index contributed by atoms with van der Waals surface area (Å²) < 4.78 is 11.0. The largest absolute Gasteiger partial charge is 0.465 e. The molecule has 1 atom stereocenters. The Balaban J connectivity index is 1.88. The van der Waals surface area contributed by atoms with Gasteiger partial charge in [-0.05, 0) is 38.9 Å². The molecule has 1 aliphatic rings. The van der Waals surface area contributed by atoms with Crippen LogP contribution < -0.4 is 5.32 Å². The summed E-state index contributed by atoms with van der Waals surface area (Å²) >= 11 is 0. The van der Waals surface area contributed by atoms with Crippen LogP contribution >= 0.6 is 0 Å². The summed E-state index contributed by atoms with van der Waals surface area (Å²) in [6.07, 6.45) is 1.23. The van der Waals surface area contributed by atoms with Crippen molar-refractivity contribution in [3.05, 3.63) is 23.2 Å². The Morgan fingerprint density at radius 1 is 1.56 bits per heavy atom. The van der Waals surface area contributed by atoms with Gasteiger partial charge < -0.3 is 14.5 Å². The number of methoxy groups -OCH3 is 1. The molecule has 0 radical (unpaired) electrons. The molecule has 1 aromatic heterocycles. The van der Waals surface area contributed by atoms with Gasteiger partial charge in [0.25, 0.3) is 0 Å². The fraction of sp³-hybridized carbons (Fsp3) is 0.714. The molecule has 0 amide bonds. The SMILES string of the molecule is CNCc1cc(CN2CCC(COC)C2)oc1C. The molecule has 0 aromatic carbocycles. The summed E-state index contributed by atoms with van der Waals surface area (Å²) in [4.78, 5) is 2.45. The van der Waals surface area contributed by atoms with Crippen LogP contribution in [0, 0.1) is 12.8 Å². The van der Waals surface area contributed by atoms with Crippen molar-refractivity contribution < 1.29 is 9.15 Å². The summed E-state index contributed by atoms with van der Waals surface area (Å²) in [6, 6.07) is 2.18. The van der Waals surface area contributed by atoms with E-state index in [0.717, 1.165) is 44.3 Å². The maximum absolute atomic E-state index is 5.81. The molecule has 1 unspecified atom stereocenters. The highest BCUT2D eigenvalue weighted by Crippen LogP contribution is 2.21. The van der Waals surface area contributed by atoms with Crippen LogP contribution in [0.25, 0.3) is 0 Å². The highest BCUT2D eigenvalue weighted by Gasteiger charge is 2.23. The third-order valence-electron chi connectivity index (χ3n) is 3.59. The van der Waals surface area contributed by atoms with Gasteiger partial charge in [0.1, 0.15) is 11.5 Å². The Hall–Kier alpha value is -0.840. The fourth-order valence-electron chi connectivity index (χ4n) is 2.68. The lowest BCUT2D eigenvalue weighted by atomic mass is 10.1. The molecule has 1 aliphatic heterocycles. The third kappa shape index (κ3) is 3.34. The molecule has 0 saturated carbocycles. The Morgan fingerprint density at radius 2 is 2.39 bits per heavy atom. The van der Waals surface area contributed by atoms with Crippen LogP contribution in [0.4, 0.5) is 0 Å². The molecule has 0 spiro atoms. The summed E-state index contributed by atoms with van der Waals surface area (Å²) in [7, 11) is 3.74. The van der Waals surface area contributed by atoms with E-state index in [4.69, 9.17) is 9.15 Å². The summed E-state index contributed by atoms with van der Waals surface area (Å²) in [6.45, 7) is 6.98. The van der Waals surface area contributed by atoms with Gasteiger partial charge in [-0.3, -0.25) is 4.90 Å². The zero-order valence-corrected chi connectivity index (χ0v) is 11.7. The van der Waals surface area contributed by atoms with Gasteiger partial charge in [0.15, 0.2) is 0 Å². The number of rotatable bonds is 6. The first-order chi connectivity index (χ1) is 8.72. The smallest absolute Gasteiger partial charge is 0.118 e. The first-order valence-corrected chi connectivity index (χ1v) is 6.67. The molecule has 18 heavy (non-hydrogen) atoms. The molecule has 2 rings (SSSR count). The standard InChI is InChI=1S/C14H24N2O2/c1-11-13(7-15-2)6-14(18-11)9-16-5-4-12(8-16)10-17-3/h6,12,15H,4-5,7-10H2,1-3H3. The van der Waals surface area contributed by atoms with E-state index in [1.807, 2.05) is 14.0 Å². The van der Waals surface area contributed by atoms with E-state index in [1.165, 1.54) is 12.0 Å². The molecule has 0 aliphatic carbocycles. The minimum Gasteiger partial charge on any atom is -0.465 e. The predicted molar refractivity (Wildman–Crippen MR) is 71.5 cm³/mol. The maximum atomic E-state index is 5.81. The van der Waals surface area contributed by atoms with Gasteiger partial charge >= 0.3 is 0 Å². The second kappa shape index (κ2) is 6.36. The molecule has 0 bridgehead atoms. The van der Waals surface area contributed by atoms with Gasteiger partial charge in [-0.15, -0.1) is 0 Å². The number of aryl methyl sites for hydroxylation is 1. The van der Waals surface area contributed by atoms with Crippen LogP contribution in [-0.2, 0) is 17.8 Å². The van der Waals surface area contributed by atoms with E-state index in [-0.39, 0.29) is 0 Å². The number of likely N-dealkylation sites (tertiary alicyclic amines) is 1. The van der Waals surface area contributed by atoms with Crippen molar-refractivity contribution in [2.45, 2.75) is 26.4 Å². The van der Waals surface area contributed by atoms with Crippen molar-refractivity contribution in [1.29, 1.82) is 0 Å². The average molecular weight is 252 g/mol. The van der Waals surface area contributed by atoms with Gasteiger partial charge in [-0.1, -0.05) is 0 Å². The molecule has 1 aromatic rings. The lowest BCUT2D eigenvalue weighted by molar-refractivity contribution is 0.151. The van der Waals surface area contributed by atoms with Crippen molar-refractivity contribution in [3.63, 3.8) is 0 Å². The molecule has 4 nitrogen and oxygen atoms in total. The Bertz CT molecular complexity index is 376. The summed E-state index contributed by atoms with van der Waals surface area (Å²) in [5.74, 6) is 2.80. The number of nitrogens with zero attached hydrogens (tertiary/aromatic N) is 1. The van der Waals surface area contributed by atoms with E-state index >= 15 is 0 Å². The van der Waals surface area contributed by atoms with Crippen molar-refractivity contribution in [2.75, 3.05) is 33.9 Å². The van der Waals surface area contributed by atoms with E-state index in [1.54, 1.807) is 7.11 Å². The highest BCUT2D eigenvalue weighted by molar-refractivity contribution is 5.20. The molecule has 1 saturated heterocycles. The first kappa shape index (κ1) is 13.6. The number of ether oxygens (including phenoxy) is 1. The Kier molecular flexibility index (Phi) is 4.80. The van der Waals surface area contributed by atoms with Gasteiger partial charge in [0.05, 0.1) is 13.2 Å². The first-order valence-electron chi connectivity index (χ1n) is 6.67. The minimum atomic E-state index is 0.683. The molecule has 102 valence electrons. The number of hydrogen-bond acceptors (Lipinski definition) is 4. The second-order valence-electron chi connectivity index (χ2n) is 5.17. The number of furan rings is 1. The van der Waals surface area contributed by atoms with Crippen molar-refractivity contribution in [2.24, 2.45) is 5.92 Å². The molecule has 1 fully saturated rings. The van der Waals surface area contributed by atoms with Gasteiger partial charge in [-0.2, -0.15) is 0 Å². The topological polar surface area (TPSA) is 37.6 Å². The van der Waals surface area contributed by atoms with E-state index < -0.39 is 0 Å². The molecule has 2 heterocycles. The average Bonchev–Trinajstić information content (AvgIpc) is 2.89. The molecular weight excluding hydrogens is 228 g/mol. The maximum Gasteiger partial charge on any atom is 0.118 e. The van der Waals surface area contributed by atoms with E-state index in [2.05, 4.69) is 16.3 Å². The fourth-order valence-corrected chi connectivity index (χ4v) is 2.68. The van der Waals surface area contributed by atoms with E-state index in [9.17, 15) is 0 Å². The summed E-state index contributed by atoms with van der Waals surface area (Å²) in [5.41, 5.74) is 1.26. The molecule has 1 N–H and O–H groups in total. The van der Waals surface area contributed by atoms with Crippen molar-refractivity contribution in [1.82, 2.24) is 10.2 Å². The van der Waals surface area contributed by atoms with Crippen LogP contribution in [0.2, 0.25) is 0 Å². The second-order valence-corrected chi connectivity index (χ2v) is 5.17. The lowest BCUT2D eigenvalue weighted by Crippen LogP contribution is -2.21. The predicted octanol–water partition coefficient (Wildman–Crippen LogP) is 1.78. The summed E-state index contributed by atoms with van der Waals surface area (Å²) in [5, 5.41) is 3.17. The minimum absolute atomic E-state index is 0.683. The van der Waals surface area contributed by atoms with Crippen molar-refractivity contribution >= 4 is 0 Å².